The van der Waals surface area contributed by atoms with Gasteiger partial charge < -0.3 is 0 Å². The van der Waals surface area contributed by atoms with Gasteiger partial charge in [0.2, 0.25) is 6.54 Å². The van der Waals surface area contributed by atoms with Crippen molar-refractivity contribution in [1.82, 2.24) is 0 Å². The summed E-state index contributed by atoms with van der Waals surface area (Å²) < 4.78 is 0. The maximum Gasteiger partial charge on any atom is 0.217 e. The summed E-state index contributed by atoms with van der Waals surface area (Å²) in [4.78, 5) is 22.1. The molecule has 1 aromatic rings. The zero-order valence-electron chi connectivity index (χ0n) is 9.67. The van der Waals surface area contributed by atoms with E-state index >= 15 is 0 Å². The van der Waals surface area contributed by atoms with Crippen molar-refractivity contribution in [3.63, 3.8) is 0 Å². The van der Waals surface area contributed by atoms with Crippen LogP contribution in [0.25, 0.3) is 0 Å². The second-order valence-electron chi connectivity index (χ2n) is 3.69. The molecule has 0 aliphatic carbocycles. The van der Waals surface area contributed by atoms with Crippen LogP contribution in [0.2, 0.25) is 0 Å². The molecule has 0 bridgehead atoms. The van der Waals surface area contributed by atoms with E-state index in [-0.39, 0.29) is 12.3 Å². The number of hydrogen-bond acceptors (Lipinski definition) is 4. The Morgan fingerprint density at radius 1 is 1.41 bits per heavy atom. The van der Waals surface area contributed by atoms with Crippen LogP contribution in [0.1, 0.15) is 17.9 Å². The first-order chi connectivity index (χ1) is 8.15. The van der Waals surface area contributed by atoms with Gasteiger partial charge in [-0.2, -0.15) is 11.8 Å². The zero-order chi connectivity index (χ0) is 12.7. The molecular weight excluding hydrogens is 238 g/mol. The highest BCUT2D eigenvalue weighted by Gasteiger charge is 2.24. The van der Waals surface area contributed by atoms with Gasteiger partial charge in [-0.1, -0.05) is 30.3 Å². The predicted molar refractivity (Wildman–Crippen MR) is 69.1 cm³/mol. The van der Waals surface area contributed by atoms with Gasteiger partial charge in [0.05, 0.1) is 0 Å². The van der Waals surface area contributed by atoms with Crippen LogP contribution in [0.15, 0.2) is 30.3 Å². The van der Waals surface area contributed by atoms with Gasteiger partial charge in [-0.3, -0.25) is 14.9 Å². The van der Waals surface area contributed by atoms with Crippen molar-refractivity contribution in [3.05, 3.63) is 46.0 Å². The summed E-state index contributed by atoms with van der Waals surface area (Å²) in [6.07, 6.45) is 2.30. The third kappa shape index (κ3) is 4.56. The van der Waals surface area contributed by atoms with Crippen molar-refractivity contribution in [2.75, 3.05) is 18.6 Å². The van der Waals surface area contributed by atoms with Crippen molar-refractivity contribution >= 4 is 17.5 Å². The Bertz CT molecular complexity index is 381. The Labute approximate surface area is 105 Å². The van der Waals surface area contributed by atoms with E-state index in [1.165, 1.54) is 0 Å². The number of nitro groups is 1. The van der Waals surface area contributed by atoms with Crippen LogP contribution in [-0.4, -0.2) is 29.3 Å². The molecule has 0 spiro atoms. The Balaban J connectivity index is 2.80. The molecule has 1 rings (SSSR count). The van der Waals surface area contributed by atoms with E-state index in [2.05, 4.69) is 0 Å². The van der Waals surface area contributed by atoms with Gasteiger partial charge in [-0.15, -0.1) is 0 Å². The van der Waals surface area contributed by atoms with Crippen LogP contribution in [0.5, 0.6) is 0 Å². The average Bonchev–Trinajstić information content (AvgIpc) is 2.34. The Morgan fingerprint density at radius 3 is 2.59 bits per heavy atom. The fraction of sp³-hybridized carbons (Fsp3) is 0.417. The average molecular weight is 253 g/mol. The molecule has 0 saturated carbocycles. The number of nitrogens with zero attached hydrogens (tertiary/aromatic N) is 1. The molecule has 1 unspecified atom stereocenters. The first-order valence-corrected chi connectivity index (χ1v) is 6.73. The standard InChI is InChI=1S/C12H15NO3S/c1-17-8-7-12(14)11(9-13(15)16)10-5-3-2-4-6-10/h2-6,11H,7-9H2,1H3. The Morgan fingerprint density at radius 2 is 2.06 bits per heavy atom. The van der Waals surface area contributed by atoms with Crippen LogP contribution in [0.3, 0.4) is 0 Å². The monoisotopic (exact) mass is 253 g/mol. The molecule has 0 radical (unpaired) electrons. The minimum Gasteiger partial charge on any atom is -0.299 e. The predicted octanol–water partition coefficient (Wildman–Crippen LogP) is 2.37. The minimum atomic E-state index is -0.613. The number of thioether (sulfide) groups is 1. The lowest BCUT2D eigenvalue weighted by atomic mass is 9.93. The van der Waals surface area contributed by atoms with E-state index in [0.717, 1.165) is 5.56 Å². The lowest BCUT2D eigenvalue weighted by Gasteiger charge is -2.11. The summed E-state index contributed by atoms with van der Waals surface area (Å²) >= 11 is 1.57. The van der Waals surface area contributed by atoms with E-state index in [1.807, 2.05) is 12.3 Å². The number of carbonyl (C=O) groups excluding carboxylic acids is 1. The summed E-state index contributed by atoms with van der Waals surface area (Å²) in [6, 6.07) is 8.96. The second-order valence-corrected chi connectivity index (χ2v) is 4.67. The van der Waals surface area contributed by atoms with E-state index in [4.69, 9.17) is 0 Å². The molecule has 0 aliphatic rings. The molecule has 0 heterocycles. The fourth-order valence-corrected chi connectivity index (χ4v) is 2.01. The molecule has 5 heteroatoms. The molecule has 17 heavy (non-hydrogen) atoms. The quantitative estimate of drug-likeness (QED) is 0.553. The van der Waals surface area contributed by atoms with Gasteiger partial charge in [0.25, 0.3) is 0 Å². The lowest BCUT2D eigenvalue weighted by molar-refractivity contribution is -0.481. The molecule has 1 aromatic carbocycles. The SMILES string of the molecule is CSCCC(=O)C(C[N+](=O)[O-])c1ccccc1. The second kappa shape index (κ2) is 7.06. The third-order valence-corrected chi connectivity index (χ3v) is 3.09. The van der Waals surface area contributed by atoms with Gasteiger partial charge >= 0.3 is 0 Å². The molecule has 0 amide bonds. The van der Waals surface area contributed by atoms with Gasteiger partial charge in [-0.25, -0.2) is 0 Å². The number of benzene rings is 1. The fourth-order valence-electron chi connectivity index (χ4n) is 1.60. The number of carbonyl (C=O) groups is 1. The number of rotatable bonds is 7. The highest BCUT2D eigenvalue weighted by atomic mass is 32.2. The third-order valence-electron chi connectivity index (χ3n) is 2.47. The molecule has 0 fully saturated rings. The maximum atomic E-state index is 11.9. The number of Topliss-reactive ketones (excluding diaryl/α,β-unsaturated/α-hetero) is 1. The van der Waals surface area contributed by atoms with Crippen molar-refractivity contribution in [2.45, 2.75) is 12.3 Å². The molecule has 0 aliphatic heterocycles. The normalized spacial score (nSPS) is 12.1. The molecule has 92 valence electrons. The summed E-state index contributed by atoms with van der Waals surface area (Å²) in [7, 11) is 0. The molecule has 0 saturated heterocycles. The minimum absolute atomic E-state index is 0.0535. The summed E-state index contributed by atoms with van der Waals surface area (Å²) in [5.41, 5.74) is 0.732. The highest BCUT2D eigenvalue weighted by molar-refractivity contribution is 7.98. The van der Waals surface area contributed by atoms with E-state index in [9.17, 15) is 14.9 Å². The van der Waals surface area contributed by atoms with E-state index < -0.39 is 10.8 Å². The van der Waals surface area contributed by atoms with Crippen molar-refractivity contribution in [1.29, 1.82) is 0 Å². The summed E-state index contributed by atoms with van der Waals surface area (Å²) in [6.45, 7) is -0.322. The molecule has 4 nitrogen and oxygen atoms in total. The Kier molecular flexibility index (Phi) is 5.69. The Hall–Kier alpha value is -1.36. The first-order valence-electron chi connectivity index (χ1n) is 5.33. The van der Waals surface area contributed by atoms with Crippen molar-refractivity contribution in [3.8, 4) is 0 Å². The molecule has 0 aromatic heterocycles. The highest BCUT2D eigenvalue weighted by Crippen LogP contribution is 2.19. The van der Waals surface area contributed by atoms with E-state index in [0.29, 0.717) is 12.2 Å². The van der Waals surface area contributed by atoms with Gasteiger partial charge in [-0.05, 0) is 17.6 Å². The molecule has 0 N–H and O–H groups in total. The first kappa shape index (κ1) is 13.7. The zero-order valence-corrected chi connectivity index (χ0v) is 10.5. The van der Waals surface area contributed by atoms with Crippen LogP contribution in [0.4, 0.5) is 0 Å². The summed E-state index contributed by atoms with van der Waals surface area (Å²) in [5.74, 6) is 0.0421. The molecule has 1 atom stereocenters. The number of hydrogen-bond donors (Lipinski definition) is 0. The van der Waals surface area contributed by atoms with E-state index in [1.54, 1.807) is 36.0 Å². The van der Waals surface area contributed by atoms with Crippen LogP contribution in [-0.2, 0) is 4.79 Å². The largest absolute Gasteiger partial charge is 0.299 e. The van der Waals surface area contributed by atoms with Crippen LogP contribution < -0.4 is 0 Å². The van der Waals surface area contributed by atoms with Crippen molar-refractivity contribution in [2.24, 2.45) is 0 Å². The maximum absolute atomic E-state index is 11.9. The van der Waals surface area contributed by atoms with Gasteiger partial charge in [0.1, 0.15) is 11.7 Å². The van der Waals surface area contributed by atoms with Crippen molar-refractivity contribution < 1.29 is 9.72 Å². The topological polar surface area (TPSA) is 60.2 Å². The number of ketones is 1. The lowest BCUT2D eigenvalue weighted by Crippen LogP contribution is -2.21. The molecular formula is C12H15NO3S. The summed E-state index contributed by atoms with van der Waals surface area (Å²) in [5, 5.41) is 10.6. The van der Waals surface area contributed by atoms with Gasteiger partial charge in [0.15, 0.2) is 0 Å². The van der Waals surface area contributed by atoms with Gasteiger partial charge in [0, 0.05) is 11.3 Å². The smallest absolute Gasteiger partial charge is 0.217 e. The van der Waals surface area contributed by atoms with Crippen LogP contribution >= 0.6 is 11.8 Å². The van der Waals surface area contributed by atoms with Crippen LogP contribution in [0, 0.1) is 10.1 Å².